The zero-order valence-electron chi connectivity index (χ0n) is 8.12. The molecule has 1 aromatic carbocycles. The van der Waals surface area contributed by atoms with Crippen LogP contribution in [-0.2, 0) is 0 Å². The largest absolute Gasteiger partial charge is 0.490 e. The van der Waals surface area contributed by atoms with Gasteiger partial charge in [0.25, 0.3) is 0 Å². The van der Waals surface area contributed by atoms with Crippen LogP contribution in [0.15, 0.2) is 18.2 Å². The molecule has 3 heteroatoms. The van der Waals surface area contributed by atoms with Gasteiger partial charge in [0.15, 0.2) is 0 Å². The minimum Gasteiger partial charge on any atom is -0.490 e. The van der Waals surface area contributed by atoms with E-state index in [1.54, 1.807) is 12.1 Å². The van der Waals surface area contributed by atoms with E-state index in [2.05, 4.69) is 5.32 Å². The molecule has 1 saturated carbocycles. The van der Waals surface area contributed by atoms with Crippen LogP contribution in [0.2, 0.25) is 0 Å². The molecular formula is C11H13NO2. The van der Waals surface area contributed by atoms with Crippen molar-refractivity contribution in [2.45, 2.75) is 18.9 Å². The fourth-order valence-corrected chi connectivity index (χ4v) is 1.28. The van der Waals surface area contributed by atoms with Gasteiger partial charge in [0.2, 0.25) is 0 Å². The second kappa shape index (κ2) is 3.70. The van der Waals surface area contributed by atoms with Crippen LogP contribution in [0.25, 0.3) is 0 Å². The first kappa shape index (κ1) is 9.06. The molecule has 1 aliphatic rings. The summed E-state index contributed by atoms with van der Waals surface area (Å²) in [5.74, 6) is 0.779. The quantitative estimate of drug-likeness (QED) is 0.740. The van der Waals surface area contributed by atoms with E-state index in [-0.39, 0.29) is 0 Å². The van der Waals surface area contributed by atoms with E-state index in [9.17, 15) is 4.79 Å². The Labute approximate surface area is 83.1 Å². The van der Waals surface area contributed by atoms with Crippen LogP contribution in [0.5, 0.6) is 5.75 Å². The lowest BCUT2D eigenvalue weighted by Crippen LogP contribution is -1.98. The zero-order valence-corrected chi connectivity index (χ0v) is 8.12. The molecule has 0 aliphatic heterocycles. The molecule has 0 radical (unpaired) electrons. The van der Waals surface area contributed by atoms with Crippen molar-refractivity contribution in [2.24, 2.45) is 0 Å². The first-order valence-corrected chi connectivity index (χ1v) is 4.76. The number of anilines is 1. The summed E-state index contributed by atoms with van der Waals surface area (Å²) in [7, 11) is 1.82. The number of ether oxygens (including phenoxy) is 1. The first-order valence-electron chi connectivity index (χ1n) is 4.76. The molecule has 0 unspecified atom stereocenters. The topological polar surface area (TPSA) is 38.3 Å². The minimum atomic E-state index is 0.363. The highest BCUT2D eigenvalue weighted by Gasteiger charge is 2.23. The molecule has 0 bridgehead atoms. The molecule has 74 valence electrons. The minimum absolute atomic E-state index is 0.363. The lowest BCUT2D eigenvalue weighted by Gasteiger charge is -2.07. The van der Waals surface area contributed by atoms with Gasteiger partial charge in [-0.05, 0) is 25.0 Å². The molecule has 3 nitrogen and oxygen atoms in total. The summed E-state index contributed by atoms with van der Waals surface area (Å²) in [6, 6.07) is 5.48. The van der Waals surface area contributed by atoms with E-state index in [1.807, 2.05) is 13.1 Å². The smallest absolute Gasteiger partial charge is 0.150 e. The van der Waals surface area contributed by atoms with Crippen LogP contribution >= 0.6 is 0 Å². The number of benzene rings is 1. The van der Waals surface area contributed by atoms with Gasteiger partial charge in [-0.25, -0.2) is 0 Å². The number of carbonyl (C=O) groups is 1. The molecule has 1 aromatic rings. The van der Waals surface area contributed by atoms with E-state index in [0.29, 0.717) is 11.7 Å². The Bertz CT molecular complexity index is 345. The fraction of sp³-hybridized carbons (Fsp3) is 0.364. The van der Waals surface area contributed by atoms with Gasteiger partial charge in [-0.3, -0.25) is 4.79 Å². The molecule has 1 fully saturated rings. The number of rotatable bonds is 4. The predicted molar refractivity (Wildman–Crippen MR) is 55.0 cm³/mol. The third-order valence-corrected chi connectivity index (χ3v) is 2.18. The van der Waals surface area contributed by atoms with Gasteiger partial charge >= 0.3 is 0 Å². The van der Waals surface area contributed by atoms with Gasteiger partial charge in [-0.1, -0.05) is 0 Å². The number of nitrogens with one attached hydrogen (secondary N) is 1. The Morgan fingerprint density at radius 3 is 2.79 bits per heavy atom. The van der Waals surface area contributed by atoms with Crippen LogP contribution in [0.4, 0.5) is 5.69 Å². The van der Waals surface area contributed by atoms with Crippen LogP contribution < -0.4 is 10.1 Å². The van der Waals surface area contributed by atoms with Gasteiger partial charge in [-0.15, -0.1) is 0 Å². The van der Waals surface area contributed by atoms with Gasteiger partial charge in [0.1, 0.15) is 12.0 Å². The molecule has 14 heavy (non-hydrogen) atoms. The highest BCUT2D eigenvalue weighted by molar-refractivity contribution is 5.78. The maximum absolute atomic E-state index is 10.6. The van der Waals surface area contributed by atoms with Crippen LogP contribution in [0.3, 0.4) is 0 Å². The van der Waals surface area contributed by atoms with Crippen LogP contribution in [-0.4, -0.2) is 19.4 Å². The summed E-state index contributed by atoms with van der Waals surface area (Å²) in [5, 5.41) is 3.00. The lowest BCUT2D eigenvalue weighted by molar-refractivity contribution is 0.112. The summed E-state index contributed by atoms with van der Waals surface area (Å²) in [5.41, 5.74) is 1.55. The van der Waals surface area contributed by atoms with Crippen molar-refractivity contribution in [2.75, 3.05) is 12.4 Å². The monoisotopic (exact) mass is 191 g/mol. The Kier molecular flexibility index (Phi) is 2.39. The summed E-state index contributed by atoms with van der Waals surface area (Å²) in [6.45, 7) is 0. The normalized spacial score (nSPS) is 14.9. The highest BCUT2D eigenvalue weighted by Crippen LogP contribution is 2.28. The molecule has 0 amide bonds. The van der Waals surface area contributed by atoms with Crippen molar-refractivity contribution in [3.05, 3.63) is 23.8 Å². The van der Waals surface area contributed by atoms with E-state index >= 15 is 0 Å². The average Bonchev–Trinajstić information content (AvgIpc) is 3.01. The van der Waals surface area contributed by atoms with Crippen molar-refractivity contribution in [3.63, 3.8) is 0 Å². The third-order valence-electron chi connectivity index (χ3n) is 2.18. The Morgan fingerprint density at radius 2 is 2.21 bits per heavy atom. The number of carbonyl (C=O) groups excluding carboxylic acids is 1. The first-order chi connectivity index (χ1) is 6.81. The predicted octanol–water partition coefficient (Wildman–Crippen LogP) is 2.08. The summed E-state index contributed by atoms with van der Waals surface area (Å²) in [4.78, 5) is 10.6. The molecule has 2 rings (SSSR count). The Morgan fingerprint density at radius 1 is 1.43 bits per heavy atom. The molecule has 0 saturated heterocycles. The van der Waals surface area contributed by atoms with Crippen molar-refractivity contribution >= 4 is 12.0 Å². The Hall–Kier alpha value is -1.51. The highest BCUT2D eigenvalue weighted by atomic mass is 16.5. The van der Waals surface area contributed by atoms with Crippen LogP contribution in [0.1, 0.15) is 23.2 Å². The van der Waals surface area contributed by atoms with Crippen LogP contribution in [0, 0.1) is 0 Å². The van der Waals surface area contributed by atoms with Crippen molar-refractivity contribution in [1.82, 2.24) is 0 Å². The summed E-state index contributed by atoms with van der Waals surface area (Å²) >= 11 is 0. The standard InChI is InChI=1S/C11H13NO2/c1-12-9-4-8(7-13)5-11(6-9)14-10-2-3-10/h4-7,10,12H,2-3H2,1H3. The van der Waals surface area contributed by atoms with Crippen molar-refractivity contribution in [1.29, 1.82) is 0 Å². The van der Waals surface area contributed by atoms with E-state index in [0.717, 1.165) is 30.6 Å². The maximum atomic E-state index is 10.6. The molecule has 1 N–H and O–H groups in total. The molecule has 0 atom stereocenters. The molecule has 1 aliphatic carbocycles. The number of hydrogen-bond acceptors (Lipinski definition) is 3. The zero-order chi connectivity index (χ0) is 9.97. The number of hydrogen-bond donors (Lipinski definition) is 1. The molecule has 0 heterocycles. The van der Waals surface area contributed by atoms with E-state index < -0.39 is 0 Å². The molecular weight excluding hydrogens is 178 g/mol. The summed E-state index contributed by atoms with van der Waals surface area (Å²) < 4.78 is 5.61. The molecule has 0 spiro atoms. The van der Waals surface area contributed by atoms with Gasteiger partial charge in [-0.2, -0.15) is 0 Å². The average molecular weight is 191 g/mol. The lowest BCUT2D eigenvalue weighted by atomic mass is 10.2. The van der Waals surface area contributed by atoms with Crippen molar-refractivity contribution in [3.8, 4) is 5.75 Å². The second-order valence-electron chi connectivity index (χ2n) is 3.48. The second-order valence-corrected chi connectivity index (χ2v) is 3.48. The summed E-state index contributed by atoms with van der Waals surface area (Å²) in [6.07, 6.45) is 3.45. The molecule has 0 aromatic heterocycles. The van der Waals surface area contributed by atoms with E-state index in [1.165, 1.54) is 0 Å². The SMILES string of the molecule is CNc1cc(C=O)cc(OC2CC2)c1. The van der Waals surface area contributed by atoms with Gasteiger partial charge in [0, 0.05) is 24.4 Å². The Balaban J connectivity index is 2.23. The van der Waals surface area contributed by atoms with Gasteiger partial charge < -0.3 is 10.1 Å². The third kappa shape index (κ3) is 2.05. The fourth-order valence-electron chi connectivity index (χ4n) is 1.28. The van der Waals surface area contributed by atoms with Crippen molar-refractivity contribution < 1.29 is 9.53 Å². The maximum Gasteiger partial charge on any atom is 0.150 e. The number of aldehydes is 1. The van der Waals surface area contributed by atoms with Gasteiger partial charge in [0.05, 0.1) is 6.10 Å². The van der Waals surface area contributed by atoms with E-state index in [4.69, 9.17) is 4.74 Å².